The molecule has 1 aromatic rings. The molecule has 0 saturated heterocycles. The molecule has 0 radical (unpaired) electrons. The molecule has 0 spiro atoms. The van der Waals surface area contributed by atoms with Crippen LogP contribution in [0.25, 0.3) is 0 Å². The summed E-state index contributed by atoms with van der Waals surface area (Å²) in [6.45, 7) is 8.44. The van der Waals surface area contributed by atoms with E-state index >= 15 is 0 Å². The summed E-state index contributed by atoms with van der Waals surface area (Å²) >= 11 is 5.90. The molecule has 7 nitrogen and oxygen atoms in total. The van der Waals surface area contributed by atoms with Gasteiger partial charge in [-0.25, -0.2) is 4.79 Å². The first-order valence-electron chi connectivity index (χ1n) is 8.27. The van der Waals surface area contributed by atoms with Gasteiger partial charge in [-0.1, -0.05) is 28.9 Å². The van der Waals surface area contributed by atoms with E-state index in [-0.39, 0.29) is 12.4 Å². The Kier molecular flexibility index (Phi) is 7.71. The van der Waals surface area contributed by atoms with Gasteiger partial charge >= 0.3 is 6.09 Å². The van der Waals surface area contributed by atoms with E-state index in [2.05, 4.69) is 10.5 Å². The summed E-state index contributed by atoms with van der Waals surface area (Å²) in [7, 11) is 0. The zero-order valence-corrected chi connectivity index (χ0v) is 16.6. The van der Waals surface area contributed by atoms with Gasteiger partial charge < -0.3 is 25.7 Å². The van der Waals surface area contributed by atoms with Crippen molar-refractivity contribution in [2.75, 3.05) is 6.61 Å². The molecule has 4 N–H and O–H groups in total. The minimum atomic E-state index is -1.05. The second-order valence-electron chi connectivity index (χ2n) is 7.63. The van der Waals surface area contributed by atoms with E-state index in [1.165, 1.54) is 0 Å². The van der Waals surface area contributed by atoms with Crippen molar-refractivity contribution in [3.8, 4) is 0 Å². The summed E-state index contributed by atoms with van der Waals surface area (Å²) in [5.41, 5.74) is 5.20. The number of nitrogens with one attached hydrogen (secondary N) is 1. The van der Waals surface area contributed by atoms with E-state index < -0.39 is 23.3 Å². The van der Waals surface area contributed by atoms with Gasteiger partial charge in [0, 0.05) is 11.4 Å². The number of rotatable bonds is 7. The third-order valence-corrected chi connectivity index (χ3v) is 3.24. The number of carbonyl (C=O) groups is 1. The Bertz CT molecular complexity index is 619. The molecule has 8 heteroatoms. The number of hydrogen-bond acceptors (Lipinski definition) is 5. The van der Waals surface area contributed by atoms with Gasteiger partial charge in [0.25, 0.3) is 0 Å². The van der Waals surface area contributed by atoms with E-state index in [0.717, 1.165) is 5.56 Å². The number of carbonyl (C=O) groups excluding carboxylic acids is 1. The second-order valence-corrected chi connectivity index (χ2v) is 8.07. The maximum atomic E-state index is 12.1. The zero-order chi connectivity index (χ0) is 20.0. The normalized spacial score (nSPS) is 13.9. The molecule has 0 aliphatic carbocycles. The van der Waals surface area contributed by atoms with Gasteiger partial charge in [0.2, 0.25) is 0 Å². The molecule has 0 bridgehead atoms. The van der Waals surface area contributed by atoms with Crippen LogP contribution < -0.4 is 11.1 Å². The third kappa shape index (κ3) is 9.48. The molecule has 0 heterocycles. The highest BCUT2D eigenvalue weighted by atomic mass is 35.5. The predicted molar refractivity (Wildman–Crippen MR) is 102 cm³/mol. The van der Waals surface area contributed by atoms with Crippen molar-refractivity contribution in [2.45, 2.75) is 58.3 Å². The van der Waals surface area contributed by atoms with Crippen molar-refractivity contribution in [1.82, 2.24) is 5.32 Å². The van der Waals surface area contributed by atoms with Crippen LogP contribution in [0.1, 0.15) is 40.2 Å². The number of oxime groups is 1. The number of alkyl carbamates (subject to hydrolysis) is 1. The Labute approximate surface area is 159 Å². The summed E-state index contributed by atoms with van der Waals surface area (Å²) in [6.07, 6.45) is -0.241. The SMILES string of the molecule is CC(C)(O)CO/N=C(\N)[C@H](Cc1ccc(Cl)cc1)NC(=O)OC(C)(C)C. The summed E-state index contributed by atoms with van der Waals surface area (Å²) < 4.78 is 5.27. The molecule has 0 aliphatic heterocycles. The van der Waals surface area contributed by atoms with Crippen molar-refractivity contribution >= 4 is 23.5 Å². The quantitative estimate of drug-likeness (QED) is 0.380. The lowest BCUT2D eigenvalue weighted by molar-refractivity contribution is -0.0194. The van der Waals surface area contributed by atoms with Crippen molar-refractivity contribution in [2.24, 2.45) is 10.9 Å². The Morgan fingerprint density at radius 1 is 1.27 bits per heavy atom. The molecule has 1 amide bonds. The van der Waals surface area contributed by atoms with Crippen LogP contribution in [0.15, 0.2) is 29.4 Å². The second kappa shape index (κ2) is 9.09. The van der Waals surface area contributed by atoms with E-state index in [0.29, 0.717) is 11.4 Å². The monoisotopic (exact) mass is 385 g/mol. The number of hydrogen-bond donors (Lipinski definition) is 3. The standard InChI is InChI=1S/C18H28ClN3O4/c1-17(2,3)26-16(23)21-14(10-12-6-8-13(19)9-7-12)15(20)22-25-11-18(4,5)24/h6-9,14,24H,10-11H2,1-5H3,(H2,20,22)(H,21,23)/t14-/m0/s1. The van der Waals surface area contributed by atoms with Crippen LogP contribution in [0.5, 0.6) is 0 Å². The zero-order valence-electron chi connectivity index (χ0n) is 15.9. The average Bonchev–Trinajstić information content (AvgIpc) is 2.45. The first-order valence-corrected chi connectivity index (χ1v) is 8.65. The lowest BCUT2D eigenvalue weighted by Crippen LogP contribution is -2.47. The Morgan fingerprint density at radius 2 is 1.85 bits per heavy atom. The first kappa shape index (κ1) is 22.1. The highest BCUT2D eigenvalue weighted by molar-refractivity contribution is 6.30. The number of ether oxygens (including phenoxy) is 1. The van der Waals surface area contributed by atoms with E-state index in [1.54, 1.807) is 46.8 Å². The maximum Gasteiger partial charge on any atom is 0.408 e. The molecule has 0 fully saturated rings. The number of halogens is 1. The minimum Gasteiger partial charge on any atom is -0.444 e. The molecular weight excluding hydrogens is 358 g/mol. The summed E-state index contributed by atoms with van der Waals surface area (Å²) in [5.74, 6) is 0.0649. The molecule has 26 heavy (non-hydrogen) atoms. The summed E-state index contributed by atoms with van der Waals surface area (Å²) in [6, 6.07) is 6.51. The van der Waals surface area contributed by atoms with Crippen LogP contribution in [0.4, 0.5) is 4.79 Å². The Balaban J connectivity index is 2.87. The highest BCUT2D eigenvalue weighted by Gasteiger charge is 2.23. The van der Waals surface area contributed by atoms with Gasteiger partial charge in [-0.2, -0.15) is 0 Å². The van der Waals surface area contributed by atoms with Gasteiger partial charge in [0.15, 0.2) is 5.84 Å². The molecule has 1 atom stereocenters. The van der Waals surface area contributed by atoms with E-state index in [1.807, 2.05) is 12.1 Å². The molecule has 146 valence electrons. The van der Waals surface area contributed by atoms with Gasteiger partial charge in [0.1, 0.15) is 12.2 Å². The third-order valence-electron chi connectivity index (χ3n) is 2.99. The van der Waals surface area contributed by atoms with Gasteiger partial charge in [-0.05, 0) is 52.3 Å². The molecule has 0 saturated carbocycles. The number of nitrogens with two attached hydrogens (primary N) is 1. The lowest BCUT2D eigenvalue weighted by Gasteiger charge is -2.23. The number of amides is 1. The number of aliphatic hydroxyl groups is 1. The molecule has 1 aromatic carbocycles. The summed E-state index contributed by atoms with van der Waals surface area (Å²) in [4.78, 5) is 17.2. The maximum absolute atomic E-state index is 12.1. The van der Waals surface area contributed by atoms with Crippen LogP contribution in [0.2, 0.25) is 5.02 Å². The van der Waals surface area contributed by atoms with Crippen molar-refractivity contribution in [3.63, 3.8) is 0 Å². The van der Waals surface area contributed by atoms with Crippen LogP contribution in [-0.2, 0) is 16.0 Å². The summed E-state index contributed by atoms with van der Waals surface area (Å²) in [5, 5.41) is 16.8. The molecule has 0 aromatic heterocycles. The van der Waals surface area contributed by atoms with Gasteiger partial charge in [-0.3, -0.25) is 0 Å². The Hall–Kier alpha value is -1.99. The lowest BCUT2D eigenvalue weighted by atomic mass is 10.1. The fourth-order valence-electron chi connectivity index (χ4n) is 1.86. The van der Waals surface area contributed by atoms with Gasteiger partial charge in [-0.15, -0.1) is 0 Å². The van der Waals surface area contributed by atoms with Gasteiger partial charge in [0.05, 0.1) is 11.6 Å². The van der Waals surface area contributed by atoms with Crippen molar-refractivity contribution in [3.05, 3.63) is 34.9 Å². The van der Waals surface area contributed by atoms with Crippen LogP contribution in [0, 0.1) is 0 Å². The first-order chi connectivity index (χ1) is 11.9. The number of benzene rings is 1. The molecule has 0 unspecified atom stereocenters. The van der Waals surface area contributed by atoms with Crippen LogP contribution in [-0.4, -0.2) is 40.9 Å². The van der Waals surface area contributed by atoms with Crippen molar-refractivity contribution < 1.29 is 19.5 Å². The average molecular weight is 386 g/mol. The van der Waals surface area contributed by atoms with Crippen LogP contribution >= 0.6 is 11.6 Å². The minimum absolute atomic E-state index is 0.0339. The Morgan fingerprint density at radius 3 is 2.35 bits per heavy atom. The topological polar surface area (TPSA) is 106 Å². The van der Waals surface area contributed by atoms with Crippen molar-refractivity contribution in [1.29, 1.82) is 0 Å². The van der Waals surface area contributed by atoms with E-state index in [4.69, 9.17) is 26.9 Å². The largest absolute Gasteiger partial charge is 0.444 e. The molecule has 0 aliphatic rings. The smallest absolute Gasteiger partial charge is 0.408 e. The van der Waals surface area contributed by atoms with Crippen LogP contribution in [0.3, 0.4) is 0 Å². The fourth-order valence-corrected chi connectivity index (χ4v) is 1.99. The number of nitrogens with zero attached hydrogens (tertiary/aromatic N) is 1. The van der Waals surface area contributed by atoms with E-state index in [9.17, 15) is 9.90 Å². The molecule has 1 rings (SSSR count). The number of amidine groups is 1. The fraction of sp³-hybridized carbons (Fsp3) is 0.556. The molecular formula is C18H28ClN3O4. The highest BCUT2D eigenvalue weighted by Crippen LogP contribution is 2.12. The predicted octanol–water partition coefficient (Wildman–Crippen LogP) is 2.84.